The van der Waals surface area contributed by atoms with E-state index < -0.39 is 41.0 Å². The number of amides is 1. The van der Waals surface area contributed by atoms with Gasteiger partial charge < -0.3 is 10.2 Å². The minimum Gasteiger partial charge on any atom is -0.467 e. The van der Waals surface area contributed by atoms with Crippen LogP contribution in [-0.2, 0) is 19.3 Å². The highest BCUT2D eigenvalue weighted by Crippen LogP contribution is 2.29. The first-order valence-electron chi connectivity index (χ1n) is 9.28. The number of fused-ring (bicyclic) bond motifs is 1. The minimum absolute atomic E-state index is 0.120. The van der Waals surface area contributed by atoms with Crippen LogP contribution in [0.15, 0.2) is 68.8 Å². The van der Waals surface area contributed by atoms with Crippen molar-refractivity contribution in [1.82, 2.24) is 14.1 Å². The summed E-state index contributed by atoms with van der Waals surface area (Å²) in [6.07, 6.45) is -3.52. The van der Waals surface area contributed by atoms with Gasteiger partial charge in [0.25, 0.3) is 17.0 Å². The Morgan fingerprint density at radius 3 is 2.38 bits per heavy atom. The Kier molecular flexibility index (Phi) is 5.17. The molecule has 1 aromatic carbocycles. The van der Waals surface area contributed by atoms with Gasteiger partial charge in [0.05, 0.1) is 30.3 Å². The summed E-state index contributed by atoms with van der Waals surface area (Å²) in [5.41, 5.74) is 1.71. The molecule has 3 heterocycles. The molecule has 0 spiro atoms. The maximum absolute atomic E-state index is 13.6. The zero-order valence-corrected chi connectivity index (χ0v) is 16.3. The van der Waals surface area contributed by atoms with Crippen LogP contribution in [0.4, 0.5) is 13.2 Å². The van der Waals surface area contributed by atoms with Crippen molar-refractivity contribution in [1.29, 1.82) is 0 Å². The number of hydrogen-bond donors (Lipinski definition) is 1. The molecule has 2 N–H and O–H groups in total. The number of aromatic nitrogens is 3. The van der Waals surface area contributed by atoms with E-state index in [0.717, 1.165) is 10.6 Å². The lowest BCUT2D eigenvalue weighted by molar-refractivity contribution is -0.144. The van der Waals surface area contributed by atoms with Crippen molar-refractivity contribution in [3.05, 3.63) is 98.3 Å². The van der Waals surface area contributed by atoms with Crippen LogP contribution >= 0.6 is 0 Å². The molecule has 3 aromatic heterocycles. The van der Waals surface area contributed by atoms with Crippen LogP contribution in [0.2, 0.25) is 0 Å². The van der Waals surface area contributed by atoms with Gasteiger partial charge >= 0.3 is 6.18 Å². The number of benzene rings is 1. The Balaban J connectivity index is 1.97. The van der Waals surface area contributed by atoms with Gasteiger partial charge in [0.2, 0.25) is 0 Å². The summed E-state index contributed by atoms with van der Waals surface area (Å²) in [5, 5.41) is 0.247. The predicted molar refractivity (Wildman–Crippen MR) is 107 cm³/mol. The van der Waals surface area contributed by atoms with E-state index >= 15 is 0 Å². The summed E-state index contributed by atoms with van der Waals surface area (Å²) in [7, 11) is 0. The molecule has 1 amide bonds. The Hall–Kier alpha value is -4.15. The summed E-state index contributed by atoms with van der Waals surface area (Å²) in [6.45, 7) is -0.847. The third-order valence-corrected chi connectivity index (χ3v) is 4.86. The zero-order chi connectivity index (χ0) is 23.0. The molecule has 4 aromatic rings. The van der Waals surface area contributed by atoms with E-state index in [9.17, 15) is 27.6 Å². The third-order valence-electron chi connectivity index (χ3n) is 4.86. The van der Waals surface area contributed by atoms with Gasteiger partial charge in [-0.1, -0.05) is 12.1 Å². The first kappa shape index (κ1) is 21.1. The molecule has 32 heavy (non-hydrogen) atoms. The third kappa shape index (κ3) is 3.80. The molecule has 164 valence electrons. The van der Waals surface area contributed by atoms with Gasteiger partial charge in [-0.25, -0.2) is 4.98 Å². The standard InChI is InChI=1S/C21H15F3N4O4/c22-21(23,24)16-8-7-14(18(25)29)20(31)27(16)11-17-26-15-6-2-1-5-13(15)19(30)28(17)10-12-4-3-9-32-12/h1-9H,10-11H2,(H2,25,29). The van der Waals surface area contributed by atoms with Crippen molar-refractivity contribution in [2.45, 2.75) is 19.3 Å². The fourth-order valence-corrected chi connectivity index (χ4v) is 3.37. The molecule has 0 fully saturated rings. The lowest BCUT2D eigenvalue weighted by Gasteiger charge is -2.18. The molecule has 0 unspecified atom stereocenters. The van der Waals surface area contributed by atoms with E-state index in [1.807, 2.05) is 0 Å². The second-order valence-corrected chi connectivity index (χ2v) is 6.90. The highest BCUT2D eigenvalue weighted by molar-refractivity contribution is 5.92. The number of nitrogens with zero attached hydrogens (tertiary/aromatic N) is 3. The van der Waals surface area contributed by atoms with Crippen LogP contribution in [0.25, 0.3) is 10.9 Å². The van der Waals surface area contributed by atoms with Crippen molar-refractivity contribution in [2.24, 2.45) is 5.73 Å². The summed E-state index contributed by atoms with van der Waals surface area (Å²) >= 11 is 0. The van der Waals surface area contributed by atoms with Crippen LogP contribution in [0.1, 0.15) is 27.6 Å². The molecule has 0 aliphatic rings. The Morgan fingerprint density at radius 2 is 1.72 bits per heavy atom. The second kappa shape index (κ2) is 7.84. The molecule has 0 radical (unpaired) electrons. The van der Waals surface area contributed by atoms with Gasteiger partial charge in [-0.05, 0) is 36.4 Å². The number of para-hydroxylation sites is 1. The number of rotatable bonds is 5. The largest absolute Gasteiger partial charge is 0.467 e. The average molecular weight is 444 g/mol. The SMILES string of the molecule is NC(=O)c1ccc(C(F)(F)F)n(Cc2nc3ccccc3c(=O)n2Cc2ccco2)c1=O. The van der Waals surface area contributed by atoms with Gasteiger partial charge in [-0.3, -0.25) is 23.5 Å². The highest BCUT2D eigenvalue weighted by Gasteiger charge is 2.35. The van der Waals surface area contributed by atoms with Crippen molar-refractivity contribution < 1.29 is 22.4 Å². The van der Waals surface area contributed by atoms with Crippen LogP contribution in [0.3, 0.4) is 0 Å². The van der Waals surface area contributed by atoms with E-state index in [0.29, 0.717) is 16.4 Å². The number of halogens is 3. The summed E-state index contributed by atoms with van der Waals surface area (Å²) in [4.78, 5) is 41.7. The lowest BCUT2D eigenvalue weighted by atomic mass is 10.2. The molecule has 8 nitrogen and oxygen atoms in total. The van der Waals surface area contributed by atoms with Gasteiger partial charge in [-0.2, -0.15) is 13.2 Å². The number of alkyl halides is 3. The first-order valence-corrected chi connectivity index (χ1v) is 9.28. The summed E-state index contributed by atoms with van der Waals surface area (Å²) in [5.74, 6) is -0.934. The van der Waals surface area contributed by atoms with Crippen LogP contribution in [-0.4, -0.2) is 20.0 Å². The number of hydrogen-bond acceptors (Lipinski definition) is 5. The fraction of sp³-hybridized carbons (Fsp3) is 0.143. The molecular weight excluding hydrogens is 429 g/mol. The topological polar surface area (TPSA) is 113 Å². The molecule has 4 rings (SSSR count). The summed E-state index contributed by atoms with van der Waals surface area (Å²) in [6, 6.07) is 10.8. The zero-order valence-electron chi connectivity index (χ0n) is 16.3. The van der Waals surface area contributed by atoms with Crippen molar-refractivity contribution in [3.63, 3.8) is 0 Å². The smallest absolute Gasteiger partial charge is 0.431 e. The van der Waals surface area contributed by atoms with Gasteiger partial charge in [0, 0.05) is 0 Å². The van der Waals surface area contributed by atoms with Gasteiger partial charge in [0.15, 0.2) is 0 Å². The normalized spacial score (nSPS) is 11.7. The molecular formula is C21H15F3N4O4. The first-order chi connectivity index (χ1) is 15.2. The number of nitrogens with two attached hydrogens (primary N) is 1. The minimum atomic E-state index is -4.90. The molecule has 0 aliphatic carbocycles. The highest BCUT2D eigenvalue weighted by atomic mass is 19.4. The molecule has 0 saturated carbocycles. The number of furan rings is 1. The Morgan fingerprint density at radius 1 is 0.969 bits per heavy atom. The van der Waals surface area contributed by atoms with E-state index in [1.54, 1.807) is 24.3 Å². The maximum Gasteiger partial charge on any atom is 0.431 e. The van der Waals surface area contributed by atoms with Crippen molar-refractivity contribution in [2.75, 3.05) is 0 Å². The maximum atomic E-state index is 13.6. The Labute approximate surface area is 177 Å². The second-order valence-electron chi connectivity index (χ2n) is 6.90. The quantitative estimate of drug-likeness (QED) is 0.508. The Bertz CT molecular complexity index is 1440. The average Bonchev–Trinajstić information content (AvgIpc) is 3.24. The van der Waals surface area contributed by atoms with Gasteiger partial charge in [-0.15, -0.1) is 0 Å². The molecule has 0 atom stereocenters. The number of pyridine rings is 1. The predicted octanol–water partition coefficient (Wildman–Crippen LogP) is 2.37. The van der Waals surface area contributed by atoms with E-state index in [-0.39, 0.29) is 23.3 Å². The van der Waals surface area contributed by atoms with Crippen LogP contribution < -0.4 is 16.9 Å². The number of carbonyl (C=O) groups excluding carboxylic acids is 1. The van der Waals surface area contributed by atoms with Crippen molar-refractivity contribution >= 4 is 16.8 Å². The molecule has 0 bridgehead atoms. The lowest BCUT2D eigenvalue weighted by Crippen LogP contribution is -2.36. The summed E-state index contributed by atoms with van der Waals surface area (Å²) < 4.78 is 47.6. The van der Waals surface area contributed by atoms with E-state index in [2.05, 4.69) is 4.98 Å². The monoisotopic (exact) mass is 444 g/mol. The van der Waals surface area contributed by atoms with Crippen LogP contribution in [0.5, 0.6) is 0 Å². The fourth-order valence-electron chi connectivity index (χ4n) is 3.37. The van der Waals surface area contributed by atoms with Crippen LogP contribution in [0, 0.1) is 0 Å². The number of carbonyl (C=O) groups is 1. The number of primary amides is 1. The van der Waals surface area contributed by atoms with Gasteiger partial charge in [0.1, 0.15) is 22.8 Å². The van der Waals surface area contributed by atoms with E-state index in [4.69, 9.17) is 10.2 Å². The van der Waals surface area contributed by atoms with E-state index in [1.165, 1.54) is 18.4 Å². The molecule has 0 aliphatic heterocycles. The van der Waals surface area contributed by atoms with Crippen molar-refractivity contribution in [3.8, 4) is 0 Å². The molecule has 0 saturated heterocycles. The molecule has 11 heteroatoms.